The molecule has 3 saturated carbocycles. The number of carboxylic acid groups (broad SMARTS) is 1. The van der Waals surface area contributed by atoms with Gasteiger partial charge in [-0.05, 0) is 135 Å². The van der Waals surface area contributed by atoms with Crippen LogP contribution in [0.5, 0.6) is 0 Å². The van der Waals surface area contributed by atoms with Crippen LogP contribution >= 0.6 is 11.6 Å². The van der Waals surface area contributed by atoms with E-state index in [-0.39, 0.29) is 57.8 Å². The molecule has 0 spiro atoms. The molecule has 10 heteroatoms. The second kappa shape index (κ2) is 14.5. The van der Waals surface area contributed by atoms with Crippen LogP contribution in [0.4, 0.5) is 4.39 Å². The predicted octanol–water partition coefficient (Wildman–Crippen LogP) is 10.9. The second-order valence-corrected chi connectivity index (χ2v) is 19.5. The number of allylic oxidation sites excluding steroid dienone is 2. The van der Waals surface area contributed by atoms with Crippen LogP contribution in [0.3, 0.4) is 0 Å². The molecule has 6 rings (SSSR count). The molecular formula is C44H60ClFN2O6. The Morgan fingerprint density at radius 1 is 1.09 bits per heavy atom. The lowest BCUT2D eigenvalue weighted by Gasteiger charge is -2.69. The van der Waals surface area contributed by atoms with Crippen molar-refractivity contribution in [1.82, 2.24) is 10.2 Å². The summed E-state index contributed by atoms with van der Waals surface area (Å²) < 4.78 is 26.9. The number of rotatable bonds is 12. The van der Waals surface area contributed by atoms with E-state index in [1.54, 1.807) is 26.0 Å². The molecule has 8 atom stereocenters. The Kier molecular flexibility index (Phi) is 10.9. The van der Waals surface area contributed by atoms with Crippen molar-refractivity contribution in [3.63, 3.8) is 0 Å². The summed E-state index contributed by atoms with van der Waals surface area (Å²) in [6, 6.07) is 4.40. The van der Waals surface area contributed by atoms with Crippen molar-refractivity contribution < 1.29 is 33.0 Å². The second-order valence-electron chi connectivity index (χ2n) is 19.1. The van der Waals surface area contributed by atoms with Crippen molar-refractivity contribution in [1.29, 1.82) is 0 Å². The summed E-state index contributed by atoms with van der Waals surface area (Å²) in [5, 5.41) is 18.5. The summed E-state index contributed by atoms with van der Waals surface area (Å²) in [6.45, 7) is 19.3. The van der Waals surface area contributed by atoms with E-state index in [1.165, 1.54) is 11.6 Å². The van der Waals surface area contributed by atoms with E-state index in [2.05, 4.69) is 51.7 Å². The fourth-order valence-electron chi connectivity index (χ4n) is 11.8. The van der Waals surface area contributed by atoms with E-state index in [0.717, 1.165) is 56.9 Å². The normalized spacial score (nSPS) is 33.0. The van der Waals surface area contributed by atoms with Gasteiger partial charge in [-0.1, -0.05) is 65.6 Å². The van der Waals surface area contributed by atoms with Crippen LogP contribution in [-0.4, -0.2) is 39.1 Å². The van der Waals surface area contributed by atoms with Crippen molar-refractivity contribution in [2.75, 3.05) is 0 Å². The Morgan fingerprint density at radius 3 is 2.46 bits per heavy atom. The van der Waals surface area contributed by atoms with E-state index in [1.807, 2.05) is 6.92 Å². The molecule has 2 aromatic rings. The number of esters is 1. The van der Waals surface area contributed by atoms with Crippen LogP contribution in [0.2, 0.25) is 5.02 Å². The number of benzene rings is 1. The molecule has 0 bridgehead atoms. The van der Waals surface area contributed by atoms with E-state index in [4.69, 9.17) is 20.8 Å². The van der Waals surface area contributed by atoms with Gasteiger partial charge in [0, 0.05) is 23.3 Å². The number of ether oxygens (including phenoxy) is 1. The van der Waals surface area contributed by atoms with Crippen LogP contribution in [0.15, 0.2) is 33.8 Å². The highest BCUT2D eigenvalue weighted by Gasteiger charge is 2.67. The minimum Gasteiger partial charge on any atom is -0.481 e. The van der Waals surface area contributed by atoms with Gasteiger partial charge >= 0.3 is 11.9 Å². The molecule has 1 aromatic heterocycles. The largest absolute Gasteiger partial charge is 0.481 e. The first-order valence-electron chi connectivity index (χ1n) is 20.2. The number of nitrogens with zero attached hydrogens (tertiary/aromatic N) is 2. The molecule has 0 radical (unpaired) electrons. The highest BCUT2D eigenvalue weighted by Crippen LogP contribution is 2.75. The van der Waals surface area contributed by atoms with Gasteiger partial charge in [-0.25, -0.2) is 4.39 Å². The van der Waals surface area contributed by atoms with Gasteiger partial charge in [-0.3, -0.25) is 14.4 Å². The summed E-state index contributed by atoms with van der Waals surface area (Å²) >= 11 is 5.99. The summed E-state index contributed by atoms with van der Waals surface area (Å²) in [4.78, 5) is 38.6. The third-order valence-corrected chi connectivity index (χ3v) is 15.6. The molecule has 3 fully saturated rings. The minimum absolute atomic E-state index is 0.0214. The molecular weight excluding hydrogens is 707 g/mol. The van der Waals surface area contributed by atoms with Crippen molar-refractivity contribution in [3.8, 4) is 11.5 Å². The molecule has 0 amide bonds. The van der Waals surface area contributed by atoms with Gasteiger partial charge < -0.3 is 14.3 Å². The molecule has 8 nitrogen and oxygen atoms in total. The zero-order valence-electron chi connectivity index (χ0n) is 33.7. The lowest BCUT2D eigenvalue weighted by molar-refractivity contribution is -0.187. The van der Waals surface area contributed by atoms with Crippen LogP contribution < -0.4 is 0 Å². The number of carbonyl (C=O) groups excluding carboxylic acids is 2. The smallest absolute Gasteiger partial charge is 0.309 e. The van der Waals surface area contributed by atoms with Gasteiger partial charge in [0.1, 0.15) is 11.9 Å². The van der Waals surface area contributed by atoms with Crippen LogP contribution in [0, 0.1) is 56.6 Å². The molecule has 1 aromatic carbocycles. The Bertz CT molecular complexity index is 1840. The van der Waals surface area contributed by atoms with Crippen molar-refractivity contribution in [2.45, 2.75) is 145 Å². The molecule has 4 aliphatic rings. The number of carbonyl (C=O) groups is 3. The average molecular weight is 767 g/mol. The highest BCUT2D eigenvalue weighted by molar-refractivity contribution is 6.30. The number of aromatic nitrogens is 2. The first kappa shape index (κ1) is 40.6. The van der Waals surface area contributed by atoms with Gasteiger partial charge in [0.25, 0.3) is 5.89 Å². The first-order valence-corrected chi connectivity index (χ1v) is 20.6. The lowest BCUT2D eigenvalue weighted by atomic mass is 9.35. The predicted molar refractivity (Wildman–Crippen MR) is 206 cm³/mol. The molecule has 0 unspecified atom stereocenters. The van der Waals surface area contributed by atoms with E-state index in [0.29, 0.717) is 42.0 Å². The Hall–Kier alpha value is -3.07. The molecule has 296 valence electrons. The van der Waals surface area contributed by atoms with E-state index >= 15 is 0 Å². The maximum absolute atomic E-state index is 14.8. The Morgan fingerprint density at radius 2 is 1.81 bits per heavy atom. The first-order chi connectivity index (χ1) is 25.2. The number of Topliss-reactive ketones (excluding diaryl/α,β-unsaturated/α-hetero) is 1. The fraction of sp³-hybridized carbons (Fsp3) is 0.705. The minimum atomic E-state index is -1.17. The zero-order valence-corrected chi connectivity index (χ0v) is 34.5. The average Bonchev–Trinajstić information content (AvgIpc) is 3.66. The Labute approximate surface area is 325 Å². The van der Waals surface area contributed by atoms with E-state index < -0.39 is 28.6 Å². The van der Waals surface area contributed by atoms with E-state index in [9.17, 15) is 23.9 Å². The number of carboxylic acids is 1. The summed E-state index contributed by atoms with van der Waals surface area (Å²) in [5.74, 6) is 0.0749. The van der Waals surface area contributed by atoms with Crippen LogP contribution in [0.25, 0.3) is 11.5 Å². The lowest BCUT2D eigenvalue weighted by Crippen LogP contribution is -2.62. The van der Waals surface area contributed by atoms with Crippen molar-refractivity contribution in [2.24, 2.45) is 50.7 Å². The standard InChI is InChI=1S/C44H60ClFN2O6/c1-10-28(53-35(50)24-40(5,6)39(51)52)16-17-41(7)26(4)15-18-43(9)33(41)14-13-30-37-36(25(2)3)32(49)22-44(37,20-19-42(30,43)8)23-34-47-48-38(54-34)29-12-11-27(45)21-31(29)46/h11-12,21,25-26,28,30,33H,10,13-20,22-24H2,1-9H3,(H,51,52)/t26-,28-,30-,33-,41+,42-,43-,44+/m1/s1. The number of halogens is 2. The molecule has 1 N–H and O–H groups in total. The number of fused-ring (bicyclic) bond motifs is 5. The van der Waals surface area contributed by atoms with Crippen LogP contribution in [0.1, 0.15) is 139 Å². The van der Waals surface area contributed by atoms with Crippen molar-refractivity contribution in [3.05, 3.63) is 46.1 Å². The molecule has 54 heavy (non-hydrogen) atoms. The fourth-order valence-corrected chi connectivity index (χ4v) is 11.9. The Balaban J connectivity index is 1.27. The van der Waals surface area contributed by atoms with Crippen molar-refractivity contribution >= 4 is 29.3 Å². The summed E-state index contributed by atoms with van der Waals surface area (Å²) in [6.07, 6.45) is 8.97. The van der Waals surface area contributed by atoms with Gasteiger partial charge in [0.05, 0.1) is 17.4 Å². The molecule has 0 aliphatic heterocycles. The van der Waals surface area contributed by atoms with Gasteiger partial charge in [-0.2, -0.15) is 0 Å². The van der Waals surface area contributed by atoms with Gasteiger partial charge in [0.15, 0.2) is 5.78 Å². The molecule has 0 saturated heterocycles. The third-order valence-electron chi connectivity index (χ3n) is 15.4. The maximum Gasteiger partial charge on any atom is 0.309 e. The maximum atomic E-state index is 14.8. The SMILES string of the molecule is CC[C@H](CC[C@@]1(C)[C@H](C)CC[C@]2(C)[C@@H]1CC[C@@H]1C3=C(C(C)C)C(=O)C[C@]3(Cc3nnc(-c4ccc(Cl)cc4F)o3)CC[C@]12C)OC(=O)CC(C)(C)C(=O)O. The monoisotopic (exact) mass is 766 g/mol. The number of aliphatic carboxylic acids is 1. The van der Waals surface area contributed by atoms with Gasteiger partial charge in [-0.15, -0.1) is 10.2 Å². The quantitative estimate of drug-likeness (QED) is 0.212. The summed E-state index contributed by atoms with van der Waals surface area (Å²) in [5.41, 5.74) is 0.937. The number of hydrogen-bond donors (Lipinski definition) is 1. The zero-order chi connectivity index (χ0) is 39.6. The van der Waals surface area contributed by atoms with Gasteiger partial charge in [0.2, 0.25) is 5.89 Å². The molecule has 4 aliphatic carbocycles. The topological polar surface area (TPSA) is 120 Å². The third kappa shape index (κ3) is 6.76. The number of ketones is 1. The summed E-state index contributed by atoms with van der Waals surface area (Å²) in [7, 11) is 0. The van der Waals surface area contributed by atoms with Crippen LogP contribution in [-0.2, 0) is 25.5 Å². The number of hydrogen-bond acceptors (Lipinski definition) is 7. The molecule has 1 heterocycles. The highest BCUT2D eigenvalue weighted by atomic mass is 35.5.